The largest absolute Gasteiger partial charge is 0.353 e. The van der Waals surface area contributed by atoms with Crippen LogP contribution in [0.2, 0.25) is 0 Å². The van der Waals surface area contributed by atoms with E-state index in [1.165, 1.54) is 5.56 Å². The molecule has 7 nitrogen and oxygen atoms in total. The first-order valence-electron chi connectivity index (χ1n) is 11.2. The van der Waals surface area contributed by atoms with Gasteiger partial charge in [0.25, 0.3) is 5.91 Å². The summed E-state index contributed by atoms with van der Waals surface area (Å²) in [5, 5.41) is 4.04. The van der Waals surface area contributed by atoms with Crippen molar-refractivity contribution in [3.8, 4) is 11.4 Å². The second-order valence-electron chi connectivity index (χ2n) is 9.62. The van der Waals surface area contributed by atoms with Gasteiger partial charge in [-0.2, -0.15) is 4.98 Å². The minimum Gasteiger partial charge on any atom is -0.353 e. The number of hydrogen-bond donors (Lipinski definition) is 0. The standard InChI is InChI=1S/C25H31N5O2/c1-17(2)23-27-22(28-32-23)19-8-11-21(26-16-19)29-12-14-30(15-13-29)24(31)18-6-9-20(10-7-18)25(3,4)5/h6-11,16-17H,12-15H2,1-5H3. The van der Waals surface area contributed by atoms with Gasteiger partial charge in [0.1, 0.15) is 5.82 Å². The zero-order chi connectivity index (χ0) is 22.9. The molecule has 0 bridgehead atoms. The van der Waals surface area contributed by atoms with Crippen LogP contribution in [0.1, 0.15) is 62.3 Å². The summed E-state index contributed by atoms with van der Waals surface area (Å²) in [6.45, 7) is 13.4. The number of amides is 1. The lowest BCUT2D eigenvalue weighted by Crippen LogP contribution is -2.49. The van der Waals surface area contributed by atoms with E-state index < -0.39 is 0 Å². The Bertz CT molecular complexity index is 1060. The molecule has 0 unspecified atom stereocenters. The number of anilines is 1. The Hall–Kier alpha value is -3.22. The fourth-order valence-corrected chi connectivity index (χ4v) is 3.73. The number of carbonyl (C=O) groups is 1. The third-order valence-corrected chi connectivity index (χ3v) is 5.83. The Morgan fingerprint density at radius 3 is 2.22 bits per heavy atom. The minimum absolute atomic E-state index is 0.0796. The van der Waals surface area contributed by atoms with E-state index in [1.54, 1.807) is 6.20 Å². The molecule has 0 N–H and O–H groups in total. The topological polar surface area (TPSA) is 75.4 Å². The molecule has 3 heterocycles. The predicted molar refractivity (Wildman–Crippen MR) is 125 cm³/mol. The number of rotatable bonds is 4. The average molecular weight is 434 g/mol. The molecule has 0 radical (unpaired) electrons. The Balaban J connectivity index is 1.36. The van der Waals surface area contributed by atoms with E-state index in [0.29, 0.717) is 24.8 Å². The van der Waals surface area contributed by atoms with Crippen molar-refractivity contribution in [2.75, 3.05) is 31.1 Å². The van der Waals surface area contributed by atoms with Crippen LogP contribution in [0.25, 0.3) is 11.4 Å². The molecule has 32 heavy (non-hydrogen) atoms. The Morgan fingerprint density at radius 2 is 1.69 bits per heavy atom. The number of piperazine rings is 1. The van der Waals surface area contributed by atoms with Gasteiger partial charge in [-0.25, -0.2) is 4.98 Å². The molecule has 1 aliphatic rings. The summed E-state index contributed by atoms with van der Waals surface area (Å²) in [6, 6.07) is 11.9. The molecule has 7 heteroatoms. The number of benzene rings is 1. The third kappa shape index (κ3) is 4.66. The van der Waals surface area contributed by atoms with Gasteiger partial charge in [0.2, 0.25) is 11.7 Å². The zero-order valence-corrected chi connectivity index (χ0v) is 19.5. The predicted octanol–water partition coefficient (Wildman–Crippen LogP) is 4.51. The molecule has 168 valence electrons. The monoisotopic (exact) mass is 433 g/mol. The van der Waals surface area contributed by atoms with Crippen molar-refractivity contribution >= 4 is 11.7 Å². The molecular weight excluding hydrogens is 402 g/mol. The van der Waals surface area contributed by atoms with Crippen molar-refractivity contribution in [1.29, 1.82) is 0 Å². The van der Waals surface area contributed by atoms with Crippen LogP contribution in [-0.4, -0.2) is 52.1 Å². The quantitative estimate of drug-likeness (QED) is 0.602. The van der Waals surface area contributed by atoms with Crippen molar-refractivity contribution < 1.29 is 9.32 Å². The lowest BCUT2D eigenvalue weighted by Gasteiger charge is -2.35. The van der Waals surface area contributed by atoms with Crippen LogP contribution in [0.15, 0.2) is 47.1 Å². The lowest BCUT2D eigenvalue weighted by atomic mass is 9.86. The second kappa shape index (κ2) is 8.73. The molecule has 0 atom stereocenters. The molecule has 4 rings (SSSR count). The van der Waals surface area contributed by atoms with Crippen LogP contribution in [-0.2, 0) is 5.41 Å². The number of nitrogens with zero attached hydrogens (tertiary/aromatic N) is 5. The maximum absolute atomic E-state index is 12.9. The van der Waals surface area contributed by atoms with E-state index in [-0.39, 0.29) is 17.2 Å². The molecule has 0 aliphatic carbocycles. The van der Waals surface area contributed by atoms with Crippen molar-refractivity contribution in [3.63, 3.8) is 0 Å². The molecule has 1 saturated heterocycles. The number of aromatic nitrogens is 3. The van der Waals surface area contributed by atoms with Gasteiger partial charge in [0.15, 0.2) is 0 Å². The highest BCUT2D eigenvalue weighted by Gasteiger charge is 2.23. The van der Waals surface area contributed by atoms with Crippen LogP contribution in [0, 0.1) is 0 Å². The minimum atomic E-state index is 0.0796. The summed E-state index contributed by atoms with van der Waals surface area (Å²) in [6.07, 6.45) is 1.78. The first kappa shape index (κ1) is 22.0. The van der Waals surface area contributed by atoms with Crippen molar-refractivity contribution in [3.05, 3.63) is 59.6 Å². The van der Waals surface area contributed by atoms with Crippen LogP contribution in [0.5, 0.6) is 0 Å². The first-order valence-corrected chi connectivity index (χ1v) is 11.2. The Morgan fingerprint density at radius 1 is 1.00 bits per heavy atom. The number of hydrogen-bond acceptors (Lipinski definition) is 6. The van der Waals surface area contributed by atoms with Gasteiger partial charge in [-0.15, -0.1) is 0 Å². The molecule has 2 aromatic heterocycles. The van der Waals surface area contributed by atoms with Crippen LogP contribution >= 0.6 is 0 Å². The summed E-state index contributed by atoms with van der Waals surface area (Å²) >= 11 is 0. The summed E-state index contributed by atoms with van der Waals surface area (Å²) in [5.41, 5.74) is 2.89. The first-order chi connectivity index (χ1) is 15.2. The molecule has 0 saturated carbocycles. The second-order valence-corrected chi connectivity index (χ2v) is 9.62. The van der Waals surface area contributed by atoms with E-state index in [2.05, 4.69) is 52.9 Å². The highest BCUT2D eigenvalue weighted by Crippen LogP contribution is 2.24. The SMILES string of the molecule is CC(C)c1nc(-c2ccc(N3CCN(C(=O)c4ccc(C(C)(C)C)cc4)CC3)nc2)no1. The lowest BCUT2D eigenvalue weighted by molar-refractivity contribution is 0.0746. The molecule has 1 aliphatic heterocycles. The fraction of sp³-hybridized carbons (Fsp3) is 0.440. The molecule has 1 aromatic carbocycles. The van der Waals surface area contributed by atoms with Gasteiger partial charge >= 0.3 is 0 Å². The number of carbonyl (C=O) groups excluding carboxylic acids is 1. The summed E-state index contributed by atoms with van der Waals surface area (Å²) in [5.74, 6) is 2.35. The fourth-order valence-electron chi connectivity index (χ4n) is 3.73. The van der Waals surface area contributed by atoms with E-state index >= 15 is 0 Å². The molecular formula is C25H31N5O2. The maximum Gasteiger partial charge on any atom is 0.253 e. The highest BCUT2D eigenvalue weighted by molar-refractivity contribution is 5.94. The summed E-state index contributed by atoms with van der Waals surface area (Å²) in [7, 11) is 0. The molecule has 0 spiro atoms. The van der Waals surface area contributed by atoms with E-state index in [9.17, 15) is 4.79 Å². The number of pyridine rings is 1. The van der Waals surface area contributed by atoms with Crippen molar-refractivity contribution in [2.24, 2.45) is 0 Å². The van der Waals surface area contributed by atoms with Crippen LogP contribution in [0.3, 0.4) is 0 Å². The average Bonchev–Trinajstić information content (AvgIpc) is 3.29. The van der Waals surface area contributed by atoms with Crippen molar-refractivity contribution in [2.45, 2.75) is 46.0 Å². The van der Waals surface area contributed by atoms with Gasteiger partial charge in [0.05, 0.1) is 0 Å². The smallest absolute Gasteiger partial charge is 0.253 e. The van der Waals surface area contributed by atoms with Gasteiger partial charge in [0, 0.05) is 49.4 Å². The third-order valence-electron chi connectivity index (χ3n) is 5.83. The van der Waals surface area contributed by atoms with Gasteiger partial charge < -0.3 is 14.3 Å². The highest BCUT2D eigenvalue weighted by atomic mass is 16.5. The molecule has 1 fully saturated rings. The molecule has 1 amide bonds. The van der Waals surface area contributed by atoms with Crippen LogP contribution < -0.4 is 4.90 Å². The summed E-state index contributed by atoms with van der Waals surface area (Å²) in [4.78, 5) is 26.1. The van der Waals surface area contributed by atoms with Gasteiger partial charge in [-0.3, -0.25) is 4.79 Å². The maximum atomic E-state index is 12.9. The zero-order valence-electron chi connectivity index (χ0n) is 19.5. The van der Waals surface area contributed by atoms with E-state index in [4.69, 9.17) is 4.52 Å². The van der Waals surface area contributed by atoms with E-state index in [0.717, 1.165) is 30.0 Å². The summed E-state index contributed by atoms with van der Waals surface area (Å²) < 4.78 is 5.28. The van der Waals surface area contributed by atoms with Crippen LogP contribution in [0.4, 0.5) is 5.82 Å². The van der Waals surface area contributed by atoms with Crippen molar-refractivity contribution in [1.82, 2.24) is 20.0 Å². The molecule has 3 aromatic rings. The Kier molecular flexibility index (Phi) is 6.00. The van der Waals surface area contributed by atoms with Gasteiger partial charge in [-0.1, -0.05) is 51.9 Å². The Labute approximate surface area is 189 Å². The normalized spacial score (nSPS) is 14.8. The van der Waals surface area contributed by atoms with Gasteiger partial charge in [-0.05, 0) is 35.2 Å². The van der Waals surface area contributed by atoms with E-state index in [1.807, 2.05) is 43.0 Å².